The first kappa shape index (κ1) is 17.2. The molecule has 0 radical (unpaired) electrons. The Morgan fingerprint density at radius 2 is 1.90 bits per heavy atom. The van der Waals surface area contributed by atoms with Crippen LogP contribution >= 0.6 is 0 Å². The van der Waals surface area contributed by atoms with Crippen molar-refractivity contribution in [3.05, 3.63) is 72.6 Å². The zero-order valence-electron chi connectivity index (χ0n) is 15.3. The maximum atomic E-state index is 13.9. The molecule has 2 N–H and O–H groups in total. The molecule has 0 aliphatic heterocycles. The third-order valence-corrected chi connectivity index (χ3v) is 4.67. The summed E-state index contributed by atoms with van der Waals surface area (Å²) in [7, 11) is 0. The van der Waals surface area contributed by atoms with Crippen LogP contribution in [-0.4, -0.2) is 29.5 Å². The number of nitrogens with zero attached hydrogens (tertiary/aromatic N) is 5. The van der Waals surface area contributed by atoms with Gasteiger partial charge >= 0.3 is 0 Å². The van der Waals surface area contributed by atoms with E-state index >= 15 is 0 Å². The first-order valence-electron chi connectivity index (χ1n) is 8.94. The van der Waals surface area contributed by atoms with Gasteiger partial charge in [-0.3, -0.25) is 4.57 Å². The van der Waals surface area contributed by atoms with E-state index in [2.05, 4.69) is 30.2 Å². The van der Waals surface area contributed by atoms with Gasteiger partial charge in [0.2, 0.25) is 0 Å². The van der Waals surface area contributed by atoms with Crippen molar-refractivity contribution in [3.8, 4) is 5.69 Å². The number of nitrogens with one attached hydrogen (secondary N) is 2. The zero-order valence-corrected chi connectivity index (χ0v) is 15.3. The second-order valence-corrected chi connectivity index (χ2v) is 6.61. The van der Waals surface area contributed by atoms with Crippen LogP contribution in [0.5, 0.6) is 0 Å². The number of benzene rings is 2. The van der Waals surface area contributed by atoms with E-state index in [1.165, 1.54) is 30.6 Å². The van der Waals surface area contributed by atoms with Crippen molar-refractivity contribution in [3.63, 3.8) is 0 Å². The van der Waals surface area contributed by atoms with Crippen molar-refractivity contribution in [2.24, 2.45) is 0 Å². The first-order chi connectivity index (χ1) is 14.1. The van der Waals surface area contributed by atoms with Gasteiger partial charge in [0.25, 0.3) is 0 Å². The summed E-state index contributed by atoms with van der Waals surface area (Å²) < 4.78 is 29.6. The fourth-order valence-electron chi connectivity index (χ4n) is 3.38. The number of aromatic amines is 1. The number of aromatic nitrogens is 6. The molecule has 0 saturated heterocycles. The predicted molar refractivity (Wildman–Crippen MR) is 105 cm³/mol. The Kier molecular flexibility index (Phi) is 3.94. The molecular weight excluding hydrogens is 376 g/mol. The van der Waals surface area contributed by atoms with Gasteiger partial charge in [-0.1, -0.05) is 6.07 Å². The van der Waals surface area contributed by atoms with Gasteiger partial charge in [0, 0.05) is 6.07 Å². The normalized spacial score (nSPS) is 12.5. The Bertz CT molecular complexity index is 1340. The highest BCUT2D eigenvalue weighted by Gasteiger charge is 2.20. The Morgan fingerprint density at radius 1 is 1.03 bits per heavy atom. The van der Waals surface area contributed by atoms with Crippen molar-refractivity contribution in [2.75, 3.05) is 5.32 Å². The van der Waals surface area contributed by atoms with Crippen LogP contribution in [0.25, 0.3) is 27.9 Å². The molecule has 0 fully saturated rings. The zero-order chi connectivity index (χ0) is 20.0. The Hall–Kier alpha value is -3.88. The minimum absolute atomic E-state index is 0.344. The van der Waals surface area contributed by atoms with Gasteiger partial charge in [-0.05, 0) is 37.3 Å². The molecule has 0 amide bonds. The van der Waals surface area contributed by atoms with Crippen LogP contribution in [0.1, 0.15) is 18.8 Å². The molecular formula is C20H15F2N7. The Balaban J connectivity index is 1.66. The molecule has 2 aromatic carbocycles. The Morgan fingerprint density at radius 3 is 2.76 bits per heavy atom. The second-order valence-electron chi connectivity index (χ2n) is 6.61. The molecule has 0 bridgehead atoms. The number of rotatable bonds is 4. The fourth-order valence-corrected chi connectivity index (χ4v) is 3.38. The highest BCUT2D eigenvalue weighted by Crippen LogP contribution is 2.29. The maximum Gasteiger partial charge on any atom is 0.162 e. The minimum Gasteiger partial charge on any atom is -0.358 e. The van der Waals surface area contributed by atoms with E-state index in [9.17, 15) is 8.78 Å². The van der Waals surface area contributed by atoms with Gasteiger partial charge in [-0.25, -0.2) is 28.7 Å². The second kappa shape index (κ2) is 6.62. The standard InChI is InChI=1S/C20H15F2N7/c1-11(27-19-17-18(24-9-23-17)25-10-26-19)20-28-15-6-5-13(22)8-16(15)29(20)14-4-2-3-12(21)7-14/h2-11H,1H3,(H2,23,24,25,26,27). The molecule has 144 valence electrons. The summed E-state index contributed by atoms with van der Waals surface area (Å²) in [6.07, 6.45) is 2.97. The van der Waals surface area contributed by atoms with Crippen LogP contribution < -0.4 is 5.32 Å². The summed E-state index contributed by atoms with van der Waals surface area (Å²) in [5.41, 5.74) is 2.90. The summed E-state index contributed by atoms with van der Waals surface area (Å²) in [5.74, 6) is 0.337. The number of halogens is 2. The van der Waals surface area contributed by atoms with Gasteiger partial charge in [0.1, 0.15) is 29.3 Å². The number of H-pyrrole nitrogens is 1. The SMILES string of the molecule is CC(Nc1ncnc2[nH]cnc12)c1nc2ccc(F)cc2n1-c1cccc(F)c1. The molecule has 0 saturated carbocycles. The topological polar surface area (TPSA) is 84.3 Å². The van der Waals surface area contributed by atoms with Crippen molar-refractivity contribution in [1.29, 1.82) is 0 Å². The van der Waals surface area contributed by atoms with Crippen LogP contribution in [0, 0.1) is 11.6 Å². The lowest BCUT2D eigenvalue weighted by atomic mass is 10.2. The number of hydrogen-bond acceptors (Lipinski definition) is 5. The summed E-state index contributed by atoms with van der Waals surface area (Å²) in [5, 5.41) is 3.28. The van der Waals surface area contributed by atoms with Crippen LogP contribution in [0.4, 0.5) is 14.6 Å². The van der Waals surface area contributed by atoms with Crippen LogP contribution in [0.3, 0.4) is 0 Å². The van der Waals surface area contributed by atoms with Crippen molar-refractivity contribution in [1.82, 2.24) is 29.5 Å². The average Bonchev–Trinajstić information content (AvgIpc) is 3.33. The first-order valence-corrected chi connectivity index (χ1v) is 8.94. The lowest BCUT2D eigenvalue weighted by molar-refractivity contribution is 0.625. The number of anilines is 1. The molecule has 29 heavy (non-hydrogen) atoms. The third-order valence-electron chi connectivity index (χ3n) is 4.67. The van der Waals surface area contributed by atoms with Crippen molar-refractivity contribution < 1.29 is 8.78 Å². The molecule has 1 unspecified atom stereocenters. The molecule has 3 heterocycles. The molecule has 5 aromatic rings. The highest BCUT2D eigenvalue weighted by atomic mass is 19.1. The average molecular weight is 391 g/mol. The summed E-state index contributed by atoms with van der Waals surface area (Å²) in [4.78, 5) is 20.2. The van der Waals surface area contributed by atoms with E-state index in [-0.39, 0.29) is 11.9 Å². The highest BCUT2D eigenvalue weighted by molar-refractivity contribution is 5.82. The number of hydrogen-bond donors (Lipinski definition) is 2. The van der Waals surface area contributed by atoms with E-state index in [4.69, 9.17) is 0 Å². The molecule has 7 nitrogen and oxygen atoms in total. The van der Waals surface area contributed by atoms with Crippen LogP contribution in [0.2, 0.25) is 0 Å². The predicted octanol–water partition coefficient (Wildman–Crippen LogP) is 4.14. The van der Waals surface area contributed by atoms with E-state index in [0.29, 0.717) is 39.5 Å². The van der Waals surface area contributed by atoms with Crippen LogP contribution in [0.15, 0.2) is 55.1 Å². The van der Waals surface area contributed by atoms with Crippen LogP contribution in [-0.2, 0) is 0 Å². The molecule has 0 aliphatic rings. The maximum absolute atomic E-state index is 13.9. The molecule has 3 aromatic heterocycles. The molecule has 0 aliphatic carbocycles. The lowest BCUT2D eigenvalue weighted by Gasteiger charge is -2.17. The smallest absolute Gasteiger partial charge is 0.162 e. The third kappa shape index (κ3) is 2.96. The summed E-state index contributed by atoms with van der Waals surface area (Å²) in [6, 6.07) is 10.1. The van der Waals surface area contributed by atoms with Gasteiger partial charge in [0.15, 0.2) is 11.5 Å². The lowest BCUT2D eigenvalue weighted by Crippen LogP contribution is -2.14. The summed E-state index contributed by atoms with van der Waals surface area (Å²) in [6.45, 7) is 1.90. The largest absolute Gasteiger partial charge is 0.358 e. The van der Waals surface area contributed by atoms with E-state index in [1.54, 1.807) is 29.1 Å². The molecule has 9 heteroatoms. The number of imidazole rings is 2. The van der Waals surface area contributed by atoms with Gasteiger partial charge < -0.3 is 10.3 Å². The number of fused-ring (bicyclic) bond motifs is 2. The van der Waals surface area contributed by atoms with Crippen molar-refractivity contribution in [2.45, 2.75) is 13.0 Å². The van der Waals surface area contributed by atoms with E-state index in [1.807, 2.05) is 6.92 Å². The summed E-state index contributed by atoms with van der Waals surface area (Å²) >= 11 is 0. The monoisotopic (exact) mass is 391 g/mol. The minimum atomic E-state index is -0.392. The van der Waals surface area contributed by atoms with Gasteiger partial charge in [-0.2, -0.15) is 0 Å². The van der Waals surface area contributed by atoms with Crippen molar-refractivity contribution >= 4 is 28.0 Å². The molecule has 1 atom stereocenters. The Labute approximate surface area is 163 Å². The fraction of sp³-hybridized carbons (Fsp3) is 0.100. The van der Waals surface area contributed by atoms with Gasteiger partial charge in [0.05, 0.1) is 29.1 Å². The van der Waals surface area contributed by atoms with Gasteiger partial charge in [-0.15, -0.1) is 0 Å². The van der Waals surface area contributed by atoms with E-state index < -0.39 is 5.82 Å². The van der Waals surface area contributed by atoms with E-state index in [0.717, 1.165) is 0 Å². The molecule has 0 spiro atoms. The molecule has 5 rings (SSSR count). The quantitative estimate of drug-likeness (QED) is 0.481.